The van der Waals surface area contributed by atoms with Crippen LogP contribution in [0.25, 0.3) is 10.9 Å². The Kier molecular flexibility index (Phi) is 2.10. The minimum Gasteiger partial charge on any atom is -0.357 e. The van der Waals surface area contributed by atoms with E-state index < -0.39 is 0 Å². The highest BCUT2D eigenvalue weighted by atomic mass is 35.5. The van der Waals surface area contributed by atoms with E-state index in [-0.39, 0.29) is 0 Å². The van der Waals surface area contributed by atoms with Crippen LogP contribution in [-0.4, -0.2) is 4.98 Å². The first-order valence-corrected chi connectivity index (χ1v) is 4.75. The summed E-state index contributed by atoms with van der Waals surface area (Å²) in [4.78, 5) is 3.20. The van der Waals surface area contributed by atoms with E-state index in [1.54, 1.807) is 0 Å². The molecule has 0 saturated heterocycles. The van der Waals surface area contributed by atoms with Crippen molar-refractivity contribution in [2.75, 3.05) is 0 Å². The Hall–Kier alpha value is -0.860. The molecule has 0 fully saturated rings. The van der Waals surface area contributed by atoms with Crippen molar-refractivity contribution in [3.8, 4) is 0 Å². The molecule has 0 saturated carbocycles. The average molecular weight is 210 g/mol. The molecule has 66 valence electrons. The lowest BCUT2D eigenvalue weighted by atomic mass is 10.2. The number of hydrogen-bond donors (Lipinski definition) is 1. The zero-order valence-electron chi connectivity index (χ0n) is 7.10. The van der Waals surface area contributed by atoms with E-state index in [1.165, 1.54) is 0 Å². The molecule has 1 heterocycles. The molecule has 1 aromatic carbocycles. The van der Waals surface area contributed by atoms with E-state index in [1.807, 2.05) is 31.2 Å². The molecule has 1 N–H and O–H groups in total. The zero-order valence-corrected chi connectivity index (χ0v) is 8.67. The number of benzene rings is 1. The minimum absolute atomic E-state index is 0.715. The molecule has 0 radical (unpaired) electrons. The van der Waals surface area contributed by atoms with Crippen molar-refractivity contribution in [3.63, 3.8) is 0 Å². The van der Waals surface area contributed by atoms with Crippen LogP contribution in [0.1, 0.15) is 5.69 Å². The van der Waals surface area contributed by atoms with Crippen molar-refractivity contribution in [1.29, 1.82) is 0 Å². The quantitative estimate of drug-likeness (QED) is 0.652. The van der Waals surface area contributed by atoms with Gasteiger partial charge >= 0.3 is 0 Å². The van der Waals surface area contributed by atoms with Gasteiger partial charge < -0.3 is 4.98 Å². The predicted octanol–water partition coefficient (Wildman–Crippen LogP) is 3.86. The number of halogens is 1. The molecule has 0 bridgehead atoms. The normalized spacial score (nSPS) is 10.6. The van der Waals surface area contributed by atoms with Gasteiger partial charge in [-0.3, -0.25) is 0 Å². The van der Waals surface area contributed by atoms with Crippen LogP contribution in [0.2, 0.25) is 5.02 Å². The standard InChI is InChI=1S/C10H8ClNS/c1-6-5-9(13)7-3-2-4-8(11)10(7)12-6/h2-5H,1H3,(H,12,13). The fourth-order valence-corrected chi connectivity index (χ4v) is 1.93. The van der Waals surface area contributed by atoms with Crippen LogP contribution in [-0.2, 0) is 0 Å². The second-order valence-electron chi connectivity index (χ2n) is 2.98. The summed E-state index contributed by atoms with van der Waals surface area (Å²) in [5.74, 6) is 0. The first-order valence-electron chi connectivity index (χ1n) is 3.96. The largest absolute Gasteiger partial charge is 0.357 e. The molecule has 0 unspecified atom stereocenters. The lowest BCUT2D eigenvalue weighted by Crippen LogP contribution is -1.84. The second kappa shape index (κ2) is 3.13. The number of nitrogens with one attached hydrogen (secondary N) is 1. The highest BCUT2D eigenvalue weighted by Gasteiger charge is 1.99. The first-order chi connectivity index (χ1) is 6.18. The smallest absolute Gasteiger partial charge is 0.0659 e. The van der Waals surface area contributed by atoms with Crippen LogP contribution in [0.3, 0.4) is 0 Å². The van der Waals surface area contributed by atoms with Gasteiger partial charge in [-0.05, 0) is 19.1 Å². The number of pyridine rings is 1. The topological polar surface area (TPSA) is 15.8 Å². The van der Waals surface area contributed by atoms with Crippen LogP contribution in [0.4, 0.5) is 0 Å². The van der Waals surface area contributed by atoms with E-state index >= 15 is 0 Å². The van der Waals surface area contributed by atoms with Crippen LogP contribution in [0.5, 0.6) is 0 Å². The molecule has 2 rings (SSSR count). The Labute approximate surface area is 86.4 Å². The van der Waals surface area contributed by atoms with Gasteiger partial charge in [0.2, 0.25) is 0 Å². The molecule has 2 aromatic rings. The number of aryl methyl sites for hydroxylation is 1. The summed E-state index contributed by atoms with van der Waals surface area (Å²) < 4.78 is 0.841. The van der Waals surface area contributed by atoms with Gasteiger partial charge in [0.15, 0.2) is 0 Å². The fourth-order valence-electron chi connectivity index (χ4n) is 1.36. The molecule has 0 atom stereocenters. The summed E-state index contributed by atoms with van der Waals surface area (Å²) in [6.07, 6.45) is 0. The van der Waals surface area contributed by atoms with Crippen molar-refractivity contribution in [2.45, 2.75) is 6.92 Å². The molecule has 0 aliphatic carbocycles. The third-order valence-electron chi connectivity index (χ3n) is 1.95. The van der Waals surface area contributed by atoms with Gasteiger partial charge in [0.05, 0.1) is 10.5 Å². The fraction of sp³-hybridized carbons (Fsp3) is 0.100. The van der Waals surface area contributed by atoms with Gasteiger partial charge in [-0.15, -0.1) is 0 Å². The Morgan fingerprint density at radius 1 is 1.38 bits per heavy atom. The number of rotatable bonds is 0. The van der Waals surface area contributed by atoms with Crippen molar-refractivity contribution >= 4 is 34.7 Å². The third kappa shape index (κ3) is 1.47. The summed E-state index contributed by atoms with van der Waals surface area (Å²) in [6, 6.07) is 7.67. The lowest BCUT2D eigenvalue weighted by Gasteiger charge is -2.02. The lowest BCUT2D eigenvalue weighted by molar-refractivity contribution is 1.25. The Morgan fingerprint density at radius 2 is 2.15 bits per heavy atom. The van der Waals surface area contributed by atoms with Gasteiger partial charge in [-0.25, -0.2) is 0 Å². The van der Waals surface area contributed by atoms with Crippen LogP contribution < -0.4 is 0 Å². The summed E-state index contributed by atoms with van der Waals surface area (Å²) in [5.41, 5.74) is 1.96. The van der Waals surface area contributed by atoms with Gasteiger partial charge in [0.25, 0.3) is 0 Å². The Balaban J connectivity index is 3.03. The van der Waals surface area contributed by atoms with Crippen molar-refractivity contribution in [3.05, 3.63) is 39.5 Å². The maximum absolute atomic E-state index is 6.02. The molecule has 3 heteroatoms. The molecule has 0 aliphatic rings. The van der Waals surface area contributed by atoms with E-state index in [2.05, 4.69) is 4.98 Å². The van der Waals surface area contributed by atoms with Crippen LogP contribution in [0.15, 0.2) is 24.3 Å². The van der Waals surface area contributed by atoms with Crippen molar-refractivity contribution in [2.24, 2.45) is 0 Å². The molecule has 1 nitrogen and oxygen atoms in total. The van der Waals surface area contributed by atoms with Crippen molar-refractivity contribution < 1.29 is 0 Å². The molecular formula is C10H8ClNS. The van der Waals surface area contributed by atoms with Crippen LogP contribution in [0, 0.1) is 11.4 Å². The molecule has 0 amide bonds. The van der Waals surface area contributed by atoms with Gasteiger partial charge in [0, 0.05) is 15.6 Å². The highest BCUT2D eigenvalue weighted by molar-refractivity contribution is 7.71. The third-order valence-corrected chi connectivity index (χ3v) is 2.60. The molecule has 13 heavy (non-hydrogen) atoms. The first kappa shape index (κ1) is 8.73. The molecule has 0 aliphatic heterocycles. The van der Waals surface area contributed by atoms with E-state index in [0.717, 1.165) is 21.1 Å². The van der Waals surface area contributed by atoms with Crippen LogP contribution >= 0.6 is 23.8 Å². The number of fused-ring (bicyclic) bond motifs is 1. The van der Waals surface area contributed by atoms with E-state index in [0.29, 0.717) is 5.02 Å². The number of aromatic nitrogens is 1. The Morgan fingerprint density at radius 3 is 2.92 bits per heavy atom. The number of hydrogen-bond acceptors (Lipinski definition) is 1. The van der Waals surface area contributed by atoms with Gasteiger partial charge in [-0.1, -0.05) is 36.0 Å². The monoisotopic (exact) mass is 209 g/mol. The second-order valence-corrected chi connectivity index (χ2v) is 3.83. The van der Waals surface area contributed by atoms with Crippen molar-refractivity contribution in [1.82, 2.24) is 4.98 Å². The number of aromatic amines is 1. The number of H-pyrrole nitrogens is 1. The van der Waals surface area contributed by atoms with Gasteiger partial charge in [-0.2, -0.15) is 0 Å². The van der Waals surface area contributed by atoms with E-state index in [9.17, 15) is 0 Å². The molecule has 1 aromatic heterocycles. The predicted molar refractivity (Wildman–Crippen MR) is 58.9 cm³/mol. The summed E-state index contributed by atoms with van der Waals surface area (Å²) >= 11 is 11.2. The maximum atomic E-state index is 6.02. The molecular weight excluding hydrogens is 202 g/mol. The Bertz CT molecular complexity index is 516. The summed E-state index contributed by atoms with van der Waals surface area (Å²) in [5, 5.41) is 1.72. The average Bonchev–Trinajstić information content (AvgIpc) is 2.07. The minimum atomic E-state index is 0.715. The van der Waals surface area contributed by atoms with E-state index in [4.69, 9.17) is 23.8 Å². The zero-order chi connectivity index (χ0) is 9.42. The summed E-state index contributed by atoms with van der Waals surface area (Å²) in [6.45, 7) is 1.97. The SMILES string of the molecule is Cc1cc(=S)c2cccc(Cl)c2[nH]1. The molecule has 0 spiro atoms. The summed E-state index contributed by atoms with van der Waals surface area (Å²) in [7, 11) is 0. The number of para-hydroxylation sites is 1. The maximum Gasteiger partial charge on any atom is 0.0659 e. The highest BCUT2D eigenvalue weighted by Crippen LogP contribution is 2.22. The van der Waals surface area contributed by atoms with Gasteiger partial charge in [0.1, 0.15) is 0 Å².